The molecule has 0 aliphatic heterocycles. The number of thiophene rings is 1. The number of ether oxygens (including phenoxy) is 1. The van der Waals surface area contributed by atoms with E-state index >= 15 is 0 Å². The fourth-order valence-corrected chi connectivity index (χ4v) is 3.67. The lowest BCUT2D eigenvalue weighted by molar-refractivity contribution is 0.321. The van der Waals surface area contributed by atoms with Crippen LogP contribution in [0.3, 0.4) is 0 Å². The molecule has 2 rings (SSSR count). The maximum atomic E-state index is 13.7. The first-order chi connectivity index (χ1) is 9.10. The van der Waals surface area contributed by atoms with Gasteiger partial charge in [0.25, 0.3) is 0 Å². The van der Waals surface area contributed by atoms with Gasteiger partial charge in [-0.15, -0.1) is 11.3 Å². The molecular formula is C13H12Br2FNOS. The average molecular weight is 409 g/mol. The highest BCUT2D eigenvalue weighted by Crippen LogP contribution is 2.32. The van der Waals surface area contributed by atoms with E-state index in [1.165, 1.54) is 6.07 Å². The van der Waals surface area contributed by atoms with Gasteiger partial charge in [-0.05, 0) is 57.0 Å². The molecule has 0 aliphatic rings. The summed E-state index contributed by atoms with van der Waals surface area (Å²) in [5.41, 5.74) is 0.738. The first kappa shape index (κ1) is 14.8. The molecule has 1 aromatic carbocycles. The van der Waals surface area contributed by atoms with E-state index in [4.69, 9.17) is 4.74 Å². The first-order valence-electron chi connectivity index (χ1n) is 5.70. The molecule has 2 nitrogen and oxygen atoms in total. The van der Waals surface area contributed by atoms with Crippen LogP contribution >= 0.6 is 43.2 Å². The molecule has 0 bridgehead atoms. The normalized spacial score (nSPS) is 10.5. The first-order valence-corrected chi connectivity index (χ1v) is 8.10. The van der Waals surface area contributed by atoms with Gasteiger partial charge in [-0.1, -0.05) is 0 Å². The van der Waals surface area contributed by atoms with E-state index in [0.717, 1.165) is 18.8 Å². The van der Waals surface area contributed by atoms with Crippen molar-refractivity contribution in [1.29, 1.82) is 0 Å². The number of halogens is 3. The van der Waals surface area contributed by atoms with Crippen LogP contribution in [-0.2, 0) is 6.54 Å². The van der Waals surface area contributed by atoms with Crippen molar-refractivity contribution in [2.75, 3.05) is 11.9 Å². The molecule has 19 heavy (non-hydrogen) atoms. The molecule has 0 radical (unpaired) electrons. The van der Waals surface area contributed by atoms with Gasteiger partial charge in [0.1, 0.15) is 0 Å². The van der Waals surface area contributed by atoms with Gasteiger partial charge < -0.3 is 10.1 Å². The van der Waals surface area contributed by atoms with E-state index in [0.29, 0.717) is 13.2 Å². The number of nitrogens with one attached hydrogen (secondary N) is 1. The molecule has 1 heterocycles. The average Bonchev–Trinajstić information content (AvgIpc) is 2.70. The number of rotatable bonds is 5. The summed E-state index contributed by atoms with van der Waals surface area (Å²) in [6.07, 6.45) is 0. The largest absolute Gasteiger partial charge is 0.491 e. The zero-order valence-electron chi connectivity index (χ0n) is 10.2. The highest BCUT2D eigenvalue weighted by Gasteiger charge is 2.06. The van der Waals surface area contributed by atoms with Crippen molar-refractivity contribution in [1.82, 2.24) is 0 Å². The van der Waals surface area contributed by atoms with Crippen LogP contribution in [0.5, 0.6) is 5.75 Å². The summed E-state index contributed by atoms with van der Waals surface area (Å²) in [6, 6.07) is 6.93. The summed E-state index contributed by atoms with van der Waals surface area (Å²) >= 11 is 8.53. The van der Waals surface area contributed by atoms with Gasteiger partial charge in [0.05, 0.1) is 10.4 Å². The molecule has 0 fully saturated rings. The fraction of sp³-hybridized carbons (Fsp3) is 0.231. The quantitative estimate of drug-likeness (QED) is 0.712. The van der Waals surface area contributed by atoms with Crippen LogP contribution in [0.1, 0.15) is 11.8 Å². The molecular weight excluding hydrogens is 397 g/mol. The molecule has 0 spiro atoms. The van der Waals surface area contributed by atoms with Gasteiger partial charge in [0.2, 0.25) is 0 Å². The molecule has 1 N–H and O–H groups in total. The van der Waals surface area contributed by atoms with Crippen molar-refractivity contribution in [2.24, 2.45) is 0 Å². The van der Waals surface area contributed by atoms with Crippen LogP contribution in [0.4, 0.5) is 10.1 Å². The van der Waals surface area contributed by atoms with E-state index in [2.05, 4.69) is 37.2 Å². The minimum Gasteiger partial charge on any atom is -0.491 e. The number of hydrogen-bond acceptors (Lipinski definition) is 3. The summed E-state index contributed by atoms with van der Waals surface area (Å²) in [7, 11) is 0. The van der Waals surface area contributed by atoms with Crippen molar-refractivity contribution in [2.45, 2.75) is 13.5 Å². The molecule has 0 saturated heterocycles. The van der Waals surface area contributed by atoms with Gasteiger partial charge in [-0.3, -0.25) is 0 Å². The molecule has 0 aliphatic carbocycles. The Labute approximate surface area is 132 Å². The third-order valence-electron chi connectivity index (χ3n) is 2.39. The van der Waals surface area contributed by atoms with E-state index in [-0.39, 0.29) is 11.6 Å². The Morgan fingerprint density at radius 3 is 2.68 bits per heavy atom. The second-order valence-corrected chi connectivity index (χ2v) is 7.08. The maximum Gasteiger partial charge on any atom is 0.167 e. The van der Waals surface area contributed by atoms with E-state index < -0.39 is 0 Å². The second kappa shape index (κ2) is 6.72. The zero-order chi connectivity index (χ0) is 13.8. The molecule has 6 heteroatoms. The zero-order valence-corrected chi connectivity index (χ0v) is 14.2. The van der Waals surface area contributed by atoms with Gasteiger partial charge in [-0.25, -0.2) is 4.39 Å². The molecule has 0 saturated carbocycles. The molecule has 2 aromatic rings. The van der Waals surface area contributed by atoms with Crippen LogP contribution in [-0.4, -0.2) is 6.61 Å². The van der Waals surface area contributed by atoms with E-state index in [1.807, 2.05) is 19.1 Å². The monoisotopic (exact) mass is 407 g/mol. The van der Waals surface area contributed by atoms with Gasteiger partial charge in [-0.2, -0.15) is 0 Å². The van der Waals surface area contributed by atoms with Crippen LogP contribution in [0.2, 0.25) is 0 Å². The van der Waals surface area contributed by atoms with Crippen molar-refractivity contribution in [3.8, 4) is 5.75 Å². The smallest absolute Gasteiger partial charge is 0.167 e. The molecule has 0 unspecified atom stereocenters. The molecule has 1 aromatic heterocycles. The Bertz CT molecular complexity index is 554. The van der Waals surface area contributed by atoms with Crippen LogP contribution in [0, 0.1) is 5.82 Å². The Morgan fingerprint density at radius 1 is 1.32 bits per heavy atom. The topological polar surface area (TPSA) is 21.3 Å². The minimum atomic E-state index is -0.347. The van der Waals surface area contributed by atoms with Gasteiger partial charge in [0, 0.05) is 27.6 Å². The molecule has 0 amide bonds. The minimum absolute atomic E-state index is 0.287. The third-order valence-corrected chi connectivity index (χ3v) is 5.65. The van der Waals surface area contributed by atoms with Gasteiger partial charge in [0.15, 0.2) is 11.6 Å². The van der Waals surface area contributed by atoms with E-state index in [9.17, 15) is 4.39 Å². The van der Waals surface area contributed by atoms with Crippen LogP contribution < -0.4 is 10.1 Å². The summed E-state index contributed by atoms with van der Waals surface area (Å²) in [5.74, 6) is -0.0601. The Balaban J connectivity index is 2.01. The second-order valence-electron chi connectivity index (χ2n) is 3.77. The number of hydrogen-bond donors (Lipinski definition) is 1. The maximum absolute atomic E-state index is 13.7. The van der Waals surface area contributed by atoms with Crippen molar-refractivity contribution < 1.29 is 9.13 Å². The van der Waals surface area contributed by atoms with Crippen LogP contribution in [0.25, 0.3) is 0 Å². The van der Waals surface area contributed by atoms with Crippen molar-refractivity contribution >= 4 is 48.9 Å². The van der Waals surface area contributed by atoms with Crippen LogP contribution in [0.15, 0.2) is 32.5 Å². The Morgan fingerprint density at radius 2 is 2.11 bits per heavy atom. The summed E-state index contributed by atoms with van der Waals surface area (Å²) in [6.45, 7) is 2.95. The molecule has 0 atom stereocenters. The highest BCUT2D eigenvalue weighted by atomic mass is 79.9. The standard InChI is InChI=1S/C13H12Br2FNOS/c1-2-18-12-4-3-8(5-11(12)16)17-7-9-6-10(14)13(15)19-9/h3-6,17H,2,7H2,1H3. The lowest BCUT2D eigenvalue weighted by Crippen LogP contribution is -1.99. The lowest BCUT2D eigenvalue weighted by atomic mass is 10.3. The summed E-state index contributed by atoms with van der Waals surface area (Å²) in [5, 5.41) is 3.18. The summed E-state index contributed by atoms with van der Waals surface area (Å²) in [4.78, 5) is 1.16. The van der Waals surface area contributed by atoms with Crippen molar-refractivity contribution in [3.63, 3.8) is 0 Å². The highest BCUT2D eigenvalue weighted by molar-refractivity contribution is 9.13. The predicted octanol–water partition coefficient (Wildman–Crippen LogP) is 5.42. The Kier molecular flexibility index (Phi) is 5.24. The lowest BCUT2D eigenvalue weighted by Gasteiger charge is -2.08. The number of anilines is 1. The molecule has 102 valence electrons. The SMILES string of the molecule is CCOc1ccc(NCc2cc(Br)c(Br)s2)cc1F. The number of benzene rings is 1. The predicted molar refractivity (Wildman–Crippen MR) is 84.6 cm³/mol. The van der Waals surface area contributed by atoms with Crippen molar-refractivity contribution in [3.05, 3.63) is 43.2 Å². The Hall–Kier alpha value is -0.590. The third kappa shape index (κ3) is 3.94. The fourth-order valence-electron chi connectivity index (χ4n) is 1.55. The van der Waals surface area contributed by atoms with Gasteiger partial charge >= 0.3 is 0 Å². The van der Waals surface area contributed by atoms with E-state index in [1.54, 1.807) is 17.4 Å². The summed E-state index contributed by atoms with van der Waals surface area (Å²) < 4.78 is 20.9.